The molecule has 0 unspecified atom stereocenters. The number of carbonyl (C=O) groups is 2. The molecule has 26 heavy (non-hydrogen) atoms. The normalized spacial score (nSPS) is 10.5. The van der Waals surface area contributed by atoms with Crippen molar-refractivity contribution < 1.29 is 14.3 Å². The number of imide groups is 1. The SMILES string of the molecule is CNC(=O)NC(=O)CSc1nc2ccccc2n1-c1ccc(OC)cc1. The van der Waals surface area contributed by atoms with Crippen LogP contribution in [-0.4, -0.2) is 41.4 Å². The lowest BCUT2D eigenvalue weighted by molar-refractivity contribution is -0.117. The van der Waals surface area contributed by atoms with Gasteiger partial charge in [-0.05, 0) is 36.4 Å². The van der Waals surface area contributed by atoms with Gasteiger partial charge in [0.15, 0.2) is 5.16 Å². The lowest BCUT2D eigenvalue weighted by atomic mass is 10.2. The molecule has 7 nitrogen and oxygen atoms in total. The summed E-state index contributed by atoms with van der Waals surface area (Å²) in [6.07, 6.45) is 0. The van der Waals surface area contributed by atoms with E-state index in [2.05, 4.69) is 15.6 Å². The van der Waals surface area contributed by atoms with Crippen molar-refractivity contribution in [1.29, 1.82) is 0 Å². The maximum Gasteiger partial charge on any atom is 0.321 e. The summed E-state index contributed by atoms with van der Waals surface area (Å²) in [7, 11) is 3.08. The Balaban J connectivity index is 1.91. The summed E-state index contributed by atoms with van der Waals surface area (Å²) in [5, 5.41) is 5.27. The third kappa shape index (κ3) is 3.80. The second-order valence-electron chi connectivity index (χ2n) is 5.33. The maximum atomic E-state index is 11.9. The Kier molecular flexibility index (Phi) is 5.43. The number of urea groups is 1. The van der Waals surface area contributed by atoms with Gasteiger partial charge in [0.05, 0.1) is 23.9 Å². The second-order valence-corrected chi connectivity index (χ2v) is 6.28. The van der Waals surface area contributed by atoms with Crippen LogP contribution in [0.15, 0.2) is 53.7 Å². The number of rotatable bonds is 5. The highest BCUT2D eigenvalue weighted by Gasteiger charge is 2.15. The first-order chi connectivity index (χ1) is 12.6. The fraction of sp³-hybridized carbons (Fsp3) is 0.167. The van der Waals surface area contributed by atoms with Crippen LogP contribution in [0.2, 0.25) is 0 Å². The molecule has 8 heteroatoms. The molecule has 2 aromatic carbocycles. The molecular formula is C18H18N4O3S. The number of amides is 3. The van der Waals surface area contributed by atoms with Crippen molar-refractivity contribution in [1.82, 2.24) is 20.2 Å². The molecule has 0 saturated heterocycles. The number of nitrogens with zero attached hydrogens (tertiary/aromatic N) is 2. The van der Waals surface area contributed by atoms with Crippen molar-refractivity contribution in [2.24, 2.45) is 0 Å². The fourth-order valence-corrected chi connectivity index (χ4v) is 3.26. The van der Waals surface area contributed by atoms with Crippen LogP contribution in [0.25, 0.3) is 16.7 Å². The number of methoxy groups -OCH3 is 1. The highest BCUT2D eigenvalue weighted by Crippen LogP contribution is 2.28. The molecule has 134 valence electrons. The lowest BCUT2D eigenvalue weighted by Crippen LogP contribution is -2.38. The van der Waals surface area contributed by atoms with E-state index in [0.717, 1.165) is 22.5 Å². The fourth-order valence-electron chi connectivity index (χ4n) is 2.44. The number of benzene rings is 2. The van der Waals surface area contributed by atoms with Gasteiger partial charge in [-0.15, -0.1) is 0 Å². The van der Waals surface area contributed by atoms with Gasteiger partial charge in [-0.1, -0.05) is 23.9 Å². The molecule has 1 heterocycles. The van der Waals surface area contributed by atoms with Gasteiger partial charge >= 0.3 is 6.03 Å². The molecular weight excluding hydrogens is 352 g/mol. The van der Waals surface area contributed by atoms with Crippen LogP contribution in [0.4, 0.5) is 4.79 Å². The molecule has 0 saturated carbocycles. The smallest absolute Gasteiger partial charge is 0.321 e. The van der Waals surface area contributed by atoms with Gasteiger partial charge in [-0.2, -0.15) is 0 Å². The lowest BCUT2D eigenvalue weighted by Gasteiger charge is -2.10. The molecule has 3 amide bonds. The van der Waals surface area contributed by atoms with E-state index in [0.29, 0.717) is 5.16 Å². The number of thioether (sulfide) groups is 1. The summed E-state index contributed by atoms with van der Waals surface area (Å²) in [6, 6.07) is 14.8. The zero-order valence-corrected chi connectivity index (χ0v) is 15.2. The highest BCUT2D eigenvalue weighted by molar-refractivity contribution is 7.99. The Morgan fingerprint density at radius 2 is 1.88 bits per heavy atom. The van der Waals surface area contributed by atoms with Crippen LogP contribution in [0.5, 0.6) is 5.75 Å². The van der Waals surface area contributed by atoms with Gasteiger partial charge in [0.25, 0.3) is 0 Å². The van der Waals surface area contributed by atoms with Gasteiger partial charge in [-0.3, -0.25) is 14.7 Å². The molecule has 3 aromatic rings. The zero-order chi connectivity index (χ0) is 18.5. The Morgan fingerprint density at radius 1 is 1.15 bits per heavy atom. The molecule has 0 bridgehead atoms. The predicted octanol–water partition coefficient (Wildman–Crippen LogP) is 2.58. The van der Waals surface area contributed by atoms with Crippen LogP contribution in [0.1, 0.15) is 0 Å². The van der Waals surface area contributed by atoms with Crippen LogP contribution in [0.3, 0.4) is 0 Å². The van der Waals surface area contributed by atoms with Crippen LogP contribution in [-0.2, 0) is 4.79 Å². The minimum Gasteiger partial charge on any atom is -0.497 e. The molecule has 0 radical (unpaired) electrons. The van der Waals surface area contributed by atoms with E-state index in [1.807, 2.05) is 53.1 Å². The predicted molar refractivity (Wildman–Crippen MR) is 101 cm³/mol. The third-order valence-electron chi connectivity index (χ3n) is 3.67. The topological polar surface area (TPSA) is 85.3 Å². The summed E-state index contributed by atoms with van der Waals surface area (Å²) in [5.41, 5.74) is 2.68. The molecule has 3 rings (SSSR count). The van der Waals surface area contributed by atoms with Crippen molar-refractivity contribution in [3.05, 3.63) is 48.5 Å². The number of imidazole rings is 1. The zero-order valence-electron chi connectivity index (χ0n) is 14.4. The molecule has 1 aromatic heterocycles. The van der Waals surface area contributed by atoms with Crippen molar-refractivity contribution >= 4 is 34.7 Å². The van der Waals surface area contributed by atoms with Crippen molar-refractivity contribution in [3.63, 3.8) is 0 Å². The van der Waals surface area contributed by atoms with Gasteiger partial charge in [0, 0.05) is 12.7 Å². The van der Waals surface area contributed by atoms with Crippen molar-refractivity contribution in [2.75, 3.05) is 19.9 Å². The number of hydrogen-bond acceptors (Lipinski definition) is 5. The Morgan fingerprint density at radius 3 is 2.58 bits per heavy atom. The minimum atomic E-state index is -0.528. The maximum absolute atomic E-state index is 11.9. The molecule has 2 N–H and O–H groups in total. The van der Waals surface area contributed by atoms with Crippen LogP contribution >= 0.6 is 11.8 Å². The number of ether oxygens (including phenoxy) is 1. The Bertz CT molecular complexity index is 937. The molecule has 0 spiro atoms. The number of aromatic nitrogens is 2. The number of carbonyl (C=O) groups excluding carboxylic acids is 2. The minimum absolute atomic E-state index is 0.0763. The standard InChI is InChI=1S/C18H18N4O3S/c1-19-17(24)21-16(23)11-26-18-20-14-5-3-4-6-15(14)22(18)12-7-9-13(25-2)10-8-12/h3-10H,11H2,1-2H3,(H2,19,21,23,24). The number of hydrogen-bond donors (Lipinski definition) is 2. The molecule has 0 fully saturated rings. The monoisotopic (exact) mass is 370 g/mol. The van der Waals surface area contributed by atoms with Crippen molar-refractivity contribution in [3.8, 4) is 11.4 Å². The number of para-hydroxylation sites is 2. The first kappa shape index (κ1) is 17.8. The van der Waals surface area contributed by atoms with Crippen LogP contribution in [0, 0.1) is 0 Å². The van der Waals surface area contributed by atoms with E-state index in [4.69, 9.17) is 4.74 Å². The van der Waals surface area contributed by atoms with E-state index >= 15 is 0 Å². The van der Waals surface area contributed by atoms with E-state index in [1.54, 1.807) is 7.11 Å². The first-order valence-corrected chi connectivity index (χ1v) is 8.87. The summed E-state index contributed by atoms with van der Waals surface area (Å²) in [4.78, 5) is 27.7. The van der Waals surface area contributed by atoms with Crippen molar-refractivity contribution in [2.45, 2.75) is 5.16 Å². The quantitative estimate of drug-likeness (QED) is 0.674. The number of nitrogens with one attached hydrogen (secondary N) is 2. The Hall–Kier alpha value is -3.00. The summed E-state index contributed by atoms with van der Waals surface area (Å²) < 4.78 is 7.19. The van der Waals surface area contributed by atoms with E-state index in [9.17, 15) is 9.59 Å². The first-order valence-electron chi connectivity index (χ1n) is 7.88. The van der Waals surface area contributed by atoms with Gasteiger partial charge in [0.2, 0.25) is 5.91 Å². The van der Waals surface area contributed by atoms with Gasteiger partial charge in [-0.25, -0.2) is 9.78 Å². The molecule has 0 aliphatic carbocycles. The van der Waals surface area contributed by atoms with Crippen LogP contribution < -0.4 is 15.4 Å². The Labute approximate surface area is 154 Å². The summed E-state index contributed by atoms with van der Waals surface area (Å²) in [5.74, 6) is 0.451. The largest absolute Gasteiger partial charge is 0.497 e. The van der Waals surface area contributed by atoms with E-state index < -0.39 is 6.03 Å². The van der Waals surface area contributed by atoms with Gasteiger partial charge < -0.3 is 10.1 Å². The second kappa shape index (κ2) is 7.92. The summed E-state index contributed by atoms with van der Waals surface area (Å²) in [6.45, 7) is 0. The van der Waals surface area contributed by atoms with Gasteiger partial charge in [0.1, 0.15) is 5.75 Å². The number of fused-ring (bicyclic) bond motifs is 1. The molecule has 0 aliphatic rings. The summed E-state index contributed by atoms with van der Waals surface area (Å²) >= 11 is 1.27. The molecule has 0 aliphatic heterocycles. The van der Waals surface area contributed by atoms with E-state index in [-0.39, 0.29) is 11.7 Å². The third-order valence-corrected chi connectivity index (χ3v) is 4.61. The molecule has 0 atom stereocenters. The average molecular weight is 370 g/mol. The van der Waals surface area contributed by atoms with E-state index in [1.165, 1.54) is 18.8 Å². The average Bonchev–Trinajstić information content (AvgIpc) is 3.04. The highest BCUT2D eigenvalue weighted by atomic mass is 32.2.